The molecular formula is C11H14ClNO2. The number of carbonyl (C=O) groups is 1. The van der Waals surface area contributed by atoms with Gasteiger partial charge in [-0.25, -0.2) is 4.79 Å². The highest BCUT2D eigenvalue weighted by Gasteiger charge is 2.07. The third-order valence-corrected chi connectivity index (χ3v) is 2.39. The molecule has 0 heterocycles. The van der Waals surface area contributed by atoms with Gasteiger partial charge in [-0.1, -0.05) is 31.5 Å². The molecule has 4 heteroatoms. The largest absolute Gasteiger partial charge is 0.453 e. The van der Waals surface area contributed by atoms with Crippen LogP contribution < -0.4 is 5.32 Å². The molecule has 0 aliphatic heterocycles. The molecule has 0 saturated carbocycles. The Balaban J connectivity index is 2.88. The van der Waals surface area contributed by atoms with Crippen LogP contribution in [0.5, 0.6) is 0 Å². The minimum Gasteiger partial charge on any atom is -0.453 e. The minimum absolute atomic E-state index is 0.412. The maximum absolute atomic E-state index is 11.0. The number of ether oxygens (including phenoxy) is 1. The molecule has 0 unspecified atom stereocenters. The van der Waals surface area contributed by atoms with Crippen molar-refractivity contribution < 1.29 is 9.53 Å². The summed E-state index contributed by atoms with van der Waals surface area (Å²) < 4.78 is 4.48. The molecule has 3 nitrogen and oxygen atoms in total. The topological polar surface area (TPSA) is 38.3 Å². The van der Waals surface area contributed by atoms with Crippen LogP contribution in [0.15, 0.2) is 18.2 Å². The number of benzene rings is 1. The molecule has 82 valence electrons. The highest BCUT2D eigenvalue weighted by molar-refractivity contribution is 6.33. The molecule has 1 aromatic rings. The monoisotopic (exact) mass is 227 g/mol. The molecule has 0 saturated heterocycles. The lowest BCUT2D eigenvalue weighted by Crippen LogP contribution is -2.11. The summed E-state index contributed by atoms with van der Waals surface area (Å²) in [6.07, 6.45) is -0.519. The van der Waals surface area contributed by atoms with Crippen molar-refractivity contribution in [2.24, 2.45) is 0 Å². The van der Waals surface area contributed by atoms with Gasteiger partial charge in [0.2, 0.25) is 0 Å². The van der Waals surface area contributed by atoms with E-state index in [-0.39, 0.29) is 0 Å². The van der Waals surface area contributed by atoms with Gasteiger partial charge in [0, 0.05) is 0 Å². The lowest BCUT2D eigenvalue weighted by Gasteiger charge is -2.09. The molecule has 1 N–H and O–H groups in total. The fourth-order valence-electron chi connectivity index (χ4n) is 1.15. The fourth-order valence-corrected chi connectivity index (χ4v) is 1.39. The number of hydrogen-bond donors (Lipinski definition) is 1. The number of nitrogens with one attached hydrogen (secondary N) is 1. The maximum atomic E-state index is 11.0. The van der Waals surface area contributed by atoms with Crippen LogP contribution >= 0.6 is 11.6 Å². The number of hydrogen-bond acceptors (Lipinski definition) is 2. The molecule has 0 aliphatic rings. The number of amides is 1. The second-order valence-electron chi connectivity index (χ2n) is 3.51. The summed E-state index contributed by atoms with van der Waals surface area (Å²) >= 11 is 6.00. The number of methoxy groups -OCH3 is 1. The van der Waals surface area contributed by atoms with Crippen LogP contribution in [-0.4, -0.2) is 13.2 Å². The summed E-state index contributed by atoms with van der Waals surface area (Å²) in [6, 6.07) is 5.55. The van der Waals surface area contributed by atoms with Crippen LogP contribution in [0.2, 0.25) is 5.02 Å². The third-order valence-electron chi connectivity index (χ3n) is 2.08. The van der Waals surface area contributed by atoms with Crippen LogP contribution in [0.25, 0.3) is 0 Å². The van der Waals surface area contributed by atoms with E-state index in [2.05, 4.69) is 23.9 Å². The van der Waals surface area contributed by atoms with Crippen LogP contribution in [0.3, 0.4) is 0 Å². The molecule has 1 rings (SSSR count). The first kappa shape index (κ1) is 11.9. The molecule has 0 spiro atoms. The van der Waals surface area contributed by atoms with Gasteiger partial charge in [-0.05, 0) is 23.6 Å². The molecule has 15 heavy (non-hydrogen) atoms. The summed E-state index contributed by atoms with van der Waals surface area (Å²) in [5, 5.41) is 3.05. The molecular weight excluding hydrogens is 214 g/mol. The second-order valence-corrected chi connectivity index (χ2v) is 3.92. The van der Waals surface area contributed by atoms with Crippen molar-refractivity contribution in [3.05, 3.63) is 28.8 Å². The van der Waals surface area contributed by atoms with Gasteiger partial charge in [0.25, 0.3) is 0 Å². The maximum Gasteiger partial charge on any atom is 0.411 e. The lowest BCUT2D eigenvalue weighted by molar-refractivity contribution is 0.187. The Bertz CT molecular complexity index is 364. The quantitative estimate of drug-likeness (QED) is 0.838. The lowest BCUT2D eigenvalue weighted by atomic mass is 10.0. The van der Waals surface area contributed by atoms with E-state index in [0.29, 0.717) is 16.6 Å². The summed E-state index contributed by atoms with van der Waals surface area (Å²) in [6.45, 7) is 4.16. The van der Waals surface area contributed by atoms with Crippen molar-refractivity contribution in [3.8, 4) is 0 Å². The first-order valence-corrected chi connectivity index (χ1v) is 5.06. The number of halogens is 1. The van der Waals surface area contributed by atoms with Crippen LogP contribution in [0.4, 0.5) is 10.5 Å². The van der Waals surface area contributed by atoms with E-state index >= 15 is 0 Å². The Morgan fingerprint density at radius 3 is 2.60 bits per heavy atom. The molecule has 0 atom stereocenters. The number of rotatable bonds is 2. The summed E-state index contributed by atoms with van der Waals surface area (Å²) in [5.74, 6) is 0.412. The van der Waals surface area contributed by atoms with Crippen LogP contribution in [-0.2, 0) is 4.74 Å². The Hall–Kier alpha value is -1.22. The zero-order valence-electron chi connectivity index (χ0n) is 9.00. The molecule has 1 aromatic carbocycles. The van der Waals surface area contributed by atoms with Gasteiger partial charge in [0.05, 0.1) is 17.8 Å². The van der Waals surface area contributed by atoms with E-state index < -0.39 is 6.09 Å². The predicted molar refractivity (Wildman–Crippen MR) is 61.6 cm³/mol. The average molecular weight is 228 g/mol. The normalized spacial score (nSPS) is 10.2. The molecule has 0 aromatic heterocycles. The van der Waals surface area contributed by atoms with E-state index in [1.807, 2.05) is 12.1 Å². The molecule has 1 amide bonds. The SMILES string of the molecule is COC(=O)Nc1ccc(C(C)C)cc1Cl. The first-order chi connectivity index (χ1) is 7.04. The van der Waals surface area contributed by atoms with Gasteiger partial charge in [0.1, 0.15) is 0 Å². The van der Waals surface area contributed by atoms with E-state index in [1.54, 1.807) is 6.07 Å². The van der Waals surface area contributed by atoms with Crippen LogP contribution in [0.1, 0.15) is 25.3 Å². The second kappa shape index (κ2) is 5.03. The number of carbonyl (C=O) groups excluding carboxylic acids is 1. The van der Waals surface area contributed by atoms with Crippen LogP contribution in [0, 0.1) is 0 Å². The zero-order valence-corrected chi connectivity index (χ0v) is 9.76. The van der Waals surface area contributed by atoms with Gasteiger partial charge in [-0.15, -0.1) is 0 Å². The van der Waals surface area contributed by atoms with Crippen molar-refractivity contribution in [2.75, 3.05) is 12.4 Å². The Labute approximate surface area is 94.4 Å². The smallest absolute Gasteiger partial charge is 0.411 e. The van der Waals surface area contributed by atoms with E-state index in [1.165, 1.54) is 7.11 Å². The third kappa shape index (κ3) is 3.13. The molecule has 0 bridgehead atoms. The summed E-state index contributed by atoms with van der Waals surface area (Å²) in [5.41, 5.74) is 1.70. The Kier molecular flexibility index (Phi) is 3.97. The highest BCUT2D eigenvalue weighted by atomic mass is 35.5. The van der Waals surface area contributed by atoms with E-state index in [9.17, 15) is 4.79 Å². The first-order valence-electron chi connectivity index (χ1n) is 4.69. The molecule has 0 aliphatic carbocycles. The van der Waals surface area contributed by atoms with Gasteiger partial charge in [-0.3, -0.25) is 5.32 Å². The highest BCUT2D eigenvalue weighted by Crippen LogP contribution is 2.26. The van der Waals surface area contributed by atoms with E-state index in [0.717, 1.165) is 5.56 Å². The molecule has 0 radical (unpaired) electrons. The molecule has 0 fully saturated rings. The average Bonchev–Trinajstić information content (AvgIpc) is 2.20. The van der Waals surface area contributed by atoms with Crippen molar-refractivity contribution in [3.63, 3.8) is 0 Å². The van der Waals surface area contributed by atoms with E-state index in [4.69, 9.17) is 11.6 Å². The zero-order chi connectivity index (χ0) is 11.4. The van der Waals surface area contributed by atoms with Gasteiger partial charge < -0.3 is 4.74 Å². The Morgan fingerprint density at radius 1 is 1.47 bits per heavy atom. The Morgan fingerprint density at radius 2 is 2.13 bits per heavy atom. The van der Waals surface area contributed by atoms with Crippen molar-refractivity contribution in [1.82, 2.24) is 0 Å². The minimum atomic E-state index is -0.519. The summed E-state index contributed by atoms with van der Waals surface area (Å²) in [4.78, 5) is 11.0. The summed E-state index contributed by atoms with van der Waals surface area (Å²) in [7, 11) is 1.31. The number of anilines is 1. The van der Waals surface area contributed by atoms with Crippen molar-refractivity contribution >= 4 is 23.4 Å². The van der Waals surface area contributed by atoms with Gasteiger partial charge in [0.15, 0.2) is 0 Å². The van der Waals surface area contributed by atoms with Crippen molar-refractivity contribution in [1.29, 1.82) is 0 Å². The fraction of sp³-hybridized carbons (Fsp3) is 0.364. The van der Waals surface area contributed by atoms with Crippen molar-refractivity contribution in [2.45, 2.75) is 19.8 Å². The van der Waals surface area contributed by atoms with Gasteiger partial charge >= 0.3 is 6.09 Å². The predicted octanol–water partition coefficient (Wildman–Crippen LogP) is 3.64. The van der Waals surface area contributed by atoms with Gasteiger partial charge in [-0.2, -0.15) is 0 Å². The standard InChI is InChI=1S/C11H14ClNO2/c1-7(2)8-4-5-10(9(12)6-8)13-11(14)15-3/h4-7H,1-3H3,(H,13,14).